The first-order chi connectivity index (χ1) is 18.7. The van der Waals surface area contributed by atoms with Crippen LogP contribution in [-0.4, -0.2) is 32.2 Å². The average molecular weight is 518 g/mol. The van der Waals surface area contributed by atoms with Crippen LogP contribution in [0.15, 0.2) is 91.3 Å². The van der Waals surface area contributed by atoms with Gasteiger partial charge in [-0.25, -0.2) is 15.0 Å². The van der Waals surface area contributed by atoms with E-state index < -0.39 is 0 Å². The molecule has 38 heavy (non-hydrogen) atoms. The minimum Gasteiger partial charge on any atom is -0.438 e. The zero-order valence-electron chi connectivity index (χ0n) is 20.7. The zero-order valence-corrected chi connectivity index (χ0v) is 21.5. The molecule has 0 aliphatic rings. The largest absolute Gasteiger partial charge is 0.438 e. The molecule has 0 atom stereocenters. The molecular formula is C29H23N7OS. The fraction of sp³-hybridized carbons (Fsp3) is 0.0690. The number of ether oxygens (including phenoxy) is 1. The Hall–Kier alpha value is -4.89. The van der Waals surface area contributed by atoms with Crippen molar-refractivity contribution in [1.82, 2.24) is 25.1 Å². The van der Waals surface area contributed by atoms with Crippen molar-refractivity contribution in [2.24, 2.45) is 0 Å². The van der Waals surface area contributed by atoms with Crippen LogP contribution in [0.25, 0.3) is 32.6 Å². The number of hydrogen-bond donors (Lipinski definition) is 2. The summed E-state index contributed by atoms with van der Waals surface area (Å²) in [4.78, 5) is 15.5. The van der Waals surface area contributed by atoms with Crippen molar-refractivity contribution >= 4 is 39.6 Å². The Balaban J connectivity index is 1.25. The van der Waals surface area contributed by atoms with Crippen LogP contribution in [0.3, 0.4) is 0 Å². The zero-order chi connectivity index (χ0) is 25.9. The van der Waals surface area contributed by atoms with E-state index in [1.54, 1.807) is 30.8 Å². The summed E-state index contributed by atoms with van der Waals surface area (Å²) in [6.07, 6.45) is 3.39. The fourth-order valence-corrected chi connectivity index (χ4v) is 4.96. The Morgan fingerprint density at radius 1 is 0.789 bits per heavy atom. The summed E-state index contributed by atoms with van der Waals surface area (Å²) in [6, 6.07) is 25.6. The maximum atomic E-state index is 6.13. The Bertz CT molecular complexity index is 1730. The fourth-order valence-electron chi connectivity index (χ4n) is 4.09. The smallest absolute Gasteiger partial charge is 0.228 e. The van der Waals surface area contributed by atoms with Gasteiger partial charge in [0, 0.05) is 40.8 Å². The molecule has 0 unspecified atom stereocenters. The van der Waals surface area contributed by atoms with E-state index in [4.69, 9.17) is 4.74 Å². The lowest BCUT2D eigenvalue weighted by molar-refractivity contribution is 0.465. The highest BCUT2D eigenvalue weighted by atomic mass is 32.1. The summed E-state index contributed by atoms with van der Waals surface area (Å²) in [6.45, 7) is 2.09. The molecule has 0 bridgehead atoms. The normalized spacial score (nSPS) is 10.9. The van der Waals surface area contributed by atoms with E-state index in [1.807, 2.05) is 54.6 Å². The molecule has 2 aromatic carbocycles. The van der Waals surface area contributed by atoms with E-state index in [-0.39, 0.29) is 0 Å². The highest BCUT2D eigenvalue weighted by molar-refractivity contribution is 7.15. The quantitative estimate of drug-likeness (QED) is 0.231. The molecule has 6 rings (SSSR count). The van der Waals surface area contributed by atoms with Crippen LogP contribution in [0, 0.1) is 6.92 Å². The summed E-state index contributed by atoms with van der Waals surface area (Å²) < 4.78 is 6.13. The first-order valence-corrected chi connectivity index (χ1v) is 12.8. The lowest BCUT2D eigenvalue weighted by atomic mass is 10.1. The molecule has 0 saturated carbocycles. The van der Waals surface area contributed by atoms with Crippen molar-refractivity contribution in [3.63, 3.8) is 0 Å². The van der Waals surface area contributed by atoms with Crippen molar-refractivity contribution in [1.29, 1.82) is 0 Å². The van der Waals surface area contributed by atoms with Crippen molar-refractivity contribution in [2.75, 3.05) is 17.7 Å². The number of aryl methyl sites for hydroxylation is 1. The maximum absolute atomic E-state index is 6.13. The monoisotopic (exact) mass is 517 g/mol. The maximum Gasteiger partial charge on any atom is 0.228 e. The molecule has 0 fully saturated rings. The van der Waals surface area contributed by atoms with Crippen LogP contribution in [0.2, 0.25) is 0 Å². The van der Waals surface area contributed by atoms with Gasteiger partial charge in [0.15, 0.2) is 5.82 Å². The van der Waals surface area contributed by atoms with Crippen molar-refractivity contribution in [3.8, 4) is 33.5 Å². The molecule has 6 aromatic rings. The molecule has 0 saturated heterocycles. The standard InChI is InChI=1S/C29H23N7OS/c1-18-9-14-25(38-18)26-21-6-3-4-7-22(21)27(36-35-26)33-19-10-12-20(13-11-19)37-28-23(8-5-16-31-28)24-15-17-32-29(30-2)34-24/h3-17H,1-2H3,(H,33,36)(H,30,32,34). The number of nitrogens with one attached hydrogen (secondary N) is 2. The molecule has 4 heterocycles. The number of nitrogens with zero attached hydrogens (tertiary/aromatic N) is 5. The topological polar surface area (TPSA) is 97.7 Å². The number of benzene rings is 2. The lowest BCUT2D eigenvalue weighted by Gasteiger charge is -2.12. The Kier molecular flexibility index (Phi) is 6.33. The van der Waals surface area contributed by atoms with Crippen LogP contribution in [0.4, 0.5) is 17.5 Å². The third kappa shape index (κ3) is 4.74. The van der Waals surface area contributed by atoms with Gasteiger partial charge in [0.2, 0.25) is 11.8 Å². The summed E-state index contributed by atoms with van der Waals surface area (Å²) in [5.74, 6) is 2.34. The second kappa shape index (κ2) is 10.2. The molecule has 0 aliphatic carbocycles. The molecule has 0 aliphatic heterocycles. The van der Waals surface area contributed by atoms with E-state index >= 15 is 0 Å². The van der Waals surface area contributed by atoms with E-state index in [1.165, 1.54) is 4.88 Å². The molecule has 8 nitrogen and oxygen atoms in total. The van der Waals surface area contributed by atoms with Crippen LogP contribution in [0.5, 0.6) is 11.6 Å². The molecule has 9 heteroatoms. The van der Waals surface area contributed by atoms with E-state index in [0.717, 1.165) is 38.3 Å². The SMILES string of the molecule is CNc1nccc(-c2cccnc2Oc2ccc(Nc3nnc(-c4ccc(C)s4)c4ccccc34)cc2)n1. The van der Waals surface area contributed by atoms with Gasteiger partial charge in [-0.1, -0.05) is 24.3 Å². The summed E-state index contributed by atoms with van der Waals surface area (Å²) in [7, 11) is 1.78. The van der Waals surface area contributed by atoms with Gasteiger partial charge in [-0.05, 0) is 61.5 Å². The highest BCUT2D eigenvalue weighted by Crippen LogP contribution is 2.35. The number of fused-ring (bicyclic) bond motifs is 1. The molecule has 186 valence electrons. The number of thiophene rings is 1. The van der Waals surface area contributed by atoms with E-state index in [9.17, 15) is 0 Å². The lowest BCUT2D eigenvalue weighted by Crippen LogP contribution is -1.99. The van der Waals surface area contributed by atoms with Crippen LogP contribution < -0.4 is 15.4 Å². The van der Waals surface area contributed by atoms with E-state index in [2.05, 4.69) is 67.0 Å². The molecule has 0 spiro atoms. The van der Waals surface area contributed by atoms with Gasteiger partial charge in [0.1, 0.15) is 11.4 Å². The molecule has 4 aromatic heterocycles. The van der Waals surface area contributed by atoms with Crippen LogP contribution in [-0.2, 0) is 0 Å². The van der Waals surface area contributed by atoms with Gasteiger partial charge >= 0.3 is 0 Å². The second-order valence-corrected chi connectivity index (χ2v) is 9.76. The first kappa shape index (κ1) is 23.5. The van der Waals surface area contributed by atoms with Gasteiger partial charge in [-0.2, -0.15) is 0 Å². The van der Waals surface area contributed by atoms with Crippen molar-refractivity contribution in [3.05, 3.63) is 96.1 Å². The molecule has 2 N–H and O–H groups in total. The number of pyridine rings is 1. The summed E-state index contributed by atoms with van der Waals surface area (Å²) in [5.41, 5.74) is 3.26. The van der Waals surface area contributed by atoms with Gasteiger partial charge in [-0.15, -0.1) is 21.5 Å². The van der Waals surface area contributed by atoms with E-state index in [0.29, 0.717) is 23.4 Å². The third-order valence-electron chi connectivity index (χ3n) is 5.92. The Morgan fingerprint density at radius 3 is 2.42 bits per heavy atom. The summed E-state index contributed by atoms with van der Waals surface area (Å²) in [5, 5.41) is 17.5. The number of aromatic nitrogens is 5. The van der Waals surface area contributed by atoms with Gasteiger partial charge in [0.05, 0.1) is 16.1 Å². The Labute approximate surface area is 223 Å². The second-order valence-electron chi connectivity index (χ2n) is 8.48. The minimum atomic E-state index is 0.463. The van der Waals surface area contributed by atoms with Crippen LogP contribution in [0.1, 0.15) is 4.88 Å². The van der Waals surface area contributed by atoms with Crippen molar-refractivity contribution in [2.45, 2.75) is 6.92 Å². The number of hydrogen-bond acceptors (Lipinski definition) is 9. The van der Waals surface area contributed by atoms with Gasteiger partial charge in [-0.3, -0.25) is 0 Å². The van der Waals surface area contributed by atoms with Crippen molar-refractivity contribution < 1.29 is 4.74 Å². The van der Waals surface area contributed by atoms with Crippen LogP contribution >= 0.6 is 11.3 Å². The third-order valence-corrected chi connectivity index (χ3v) is 6.93. The predicted molar refractivity (Wildman–Crippen MR) is 152 cm³/mol. The van der Waals surface area contributed by atoms with Gasteiger partial charge in [0.25, 0.3) is 0 Å². The average Bonchev–Trinajstić information content (AvgIpc) is 3.40. The molecular weight excluding hydrogens is 494 g/mol. The first-order valence-electron chi connectivity index (χ1n) is 12.0. The minimum absolute atomic E-state index is 0.463. The Morgan fingerprint density at radius 2 is 1.63 bits per heavy atom. The highest BCUT2D eigenvalue weighted by Gasteiger charge is 2.14. The van der Waals surface area contributed by atoms with Gasteiger partial charge < -0.3 is 15.4 Å². The number of rotatable bonds is 7. The number of anilines is 3. The molecule has 0 radical (unpaired) electrons. The molecule has 0 amide bonds. The summed E-state index contributed by atoms with van der Waals surface area (Å²) >= 11 is 1.72. The predicted octanol–water partition coefficient (Wildman–Crippen LogP) is 7.10.